The normalized spacial score (nSPS) is 17.8. The molecule has 17 heavy (non-hydrogen) atoms. The van der Waals surface area contributed by atoms with Gasteiger partial charge in [-0.3, -0.25) is 0 Å². The van der Waals surface area contributed by atoms with Gasteiger partial charge >= 0.3 is 0 Å². The van der Waals surface area contributed by atoms with Gasteiger partial charge in [0.1, 0.15) is 5.82 Å². The molecule has 1 aliphatic rings. The Bertz CT molecular complexity index is 356. The highest BCUT2D eigenvalue weighted by atomic mass is 35.5. The molecule has 1 unspecified atom stereocenters. The Kier molecular flexibility index (Phi) is 4.41. The fourth-order valence-electron chi connectivity index (χ4n) is 2.46. The summed E-state index contributed by atoms with van der Waals surface area (Å²) in [4.78, 5) is 0. The number of halogens is 2. The molecule has 3 heteroatoms. The average Bonchev–Trinajstić information content (AvgIpc) is 2.21. The lowest BCUT2D eigenvalue weighted by molar-refractivity contribution is 0.228. The average molecular weight is 256 g/mol. The zero-order chi connectivity index (χ0) is 12.3. The van der Waals surface area contributed by atoms with Crippen molar-refractivity contribution >= 4 is 11.6 Å². The second-order valence-electron chi connectivity index (χ2n) is 4.76. The smallest absolute Gasteiger partial charge is 0.127 e. The van der Waals surface area contributed by atoms with Crippen molar-refractivity contribution in [2.75, 3.05) is 6.54 Å². The van der Waals surface area contributed by atoms with Crippen LogP contribution >= 0.6 is 11.6 Å². The van der Waals surface area contributed by atoms with Crippen LogP contribution in [-0.2, 0) is 6.42 Å². The maximum Gasteiger partial charge on any atom is 0.127 e. The van der Waals surface area contributed by atoms with Crippen molar-refractivity contribution in [1.82, 2.24) is 5.32 Å². The van der Waals surface area contributed by atoms with Crippen LogP contribution in [0.3, 0.4) is 0 Å². The molecule has 1 saturated carbocycles. The van der Waals surface area contributed by atoms with Crippen molar-refractivity contribution in [1.29, 1.82) is 0 Å². The summed E-state index contributed by atoms with van der Waals surface area (Å²) < 4.78 is 13.7. The Morgan fingerprint density at radius 2 is 2.24 bits per heavy atom. The molecule has 94 valence electrons. The number of benzene rings is 1. The molecule has 1 aromatic rings. The van der Waals surface area contributed by atoms with E-state index in [9.17, 15) is 4.39 Å². The quantitative estimate of drug-likeness (QED) is 0.844. The van der Waals surface area contributed by atoms with E-state index in [1.807, 2.05) is 0 Å². The molecule has 1 aromatic carbocycles. The summed E-state index contributed by atoms with van der Waals surface area (Å²) in [6.07, 6.45) is 4.51. The van der Waals surface area contributed by atoms with E-state index < -0.39 is 0 Å². The SMILES string of the molecule is CCNC(Cc1c(F)cccc1Cl)C1CCC1. The zero-order valence-corrected chi connectivity index (χ0v) is 10.9. The lowest BCUT2D eigenvalue weighted by Crippen LogP contribution is -2.41. The van der Waals surface area contributed by atoms with Gasteiger partial charge < -0.3 is 5.32 Å². The van der Waals surface area contributed by atoms with Gasteiger partial charge in [0.05, 0.1) is 0 Å². The third-order valence-electron chi connectivity index (χ3n) is 3.67. The molecule has 0 aliphatic heterocycles. The van der Waals surface area contributed by atoms with Crippen molar-refractivity contribution in [3.63, 3.8) is 0 Å². The zero-order valence-electron chi connectivity index (χ0n) is 10.2. The van der Waals surface area contributed by atoms with Crippen molar-refractivity contribution in [3.05, 3.63) is 34.6 Å². The molecule has 0 amide bonds. The summed E-state index contributed by atoms with van der Waals surface area (Å²) in [7, 11) is 0. The minimum Gasteiger partial charge on any atom is -0.314 e. The van der Waals surface area contributed by atoms with E-state index in [1.165, 1.54) is 25.3 Å². The molecule has 1 atom stereocenters. The van der Waals surface area contributed by atoms with Gasteiger partial charge in [-0.25, -0.2) is 4.39 Å². The molecular weight excluding hydrogens is 237 g/mol. The van der Waals surface area contributed by atoms with Crippen LogP contribution in [0.15, 0.2) is 18.2 Å². The molecular formula is C14H19ClFN. The van der Waals surface area contributed by atoms with Crippen LogP contribution in [0.1, 0.15) is 31.7 Å². The third kappa shape index (κ3) is 2.99. The van der Waals surface area contributed by atoms with E-state index >= 15 is 0 Å². The maximum absolute atomic E-state index is 13.7. The second-order valence-corrected chi connectivity index (χ2v) is 5.17. The van der Waals surface area contributed by atoms with Gasteiger partial charge in [0.15, 0.2) is 0 Å². The highest BCUT2D eigenvalue weighted by Gasteiger charge is 2.27. The Labute approximate surface area is 107 Å². The second kappa shape index (κ2) is 5.83. The molecule has 2 rings (SSSR count). The first-order valence-electron chi connectivity index (χ1n) is 6.38. The first-order valence-corrected chi connectivity index (χ1v) is 6.76. The van der Waals surface area contributed by atoms with Crippen molar-refractivity contribution in [2.45, 2.75) is 38.6 Å². The van der Waals surface area contributed by atoms with Gasteiger partial charge in [0, 0.05) is 16.6 Å². The molecule has 1 aliphatic carbocycles. The Balaban J connectivity index is 2.10. The first-order chi connectivity index (χ1) is 8.22. The van der Waals surface area contributed by atoms with E-state index in [1.54, 1.807) is 12.1 Å². The fraction of sp³-hybridized carbons (Fsp3) is 0.571. The maximum atomic E-state index is 13.7. The summed E-state index contributed by atoms with van der Waals surface area (Å²) in [6.45, 7) is 3.02. The van der Waals surface area contributed by atoms with E-state index in [0.29, 0.717) is 29.0 Å². The van der Waals surface area contributed by atoms with Crippen LogP contribution in [0.4, 0.5) is 4.39 Å². The Morgan fingerprint density at radius 3 is 2.76 bits per heavy atom. The molecule has 1 fully saturated rings. The number of hydrogen-bond acceptors (Lipinski definition) is 1. The van der Waals surface area contributed by atoms with Crippen LogP contribution in [0.25, 0.3) is 0 Å². The Hall–Kier alpha value is -0.600. The summed E-state index contributed by atoms with van der Waals surface area (Å²) in [5, 5.41) is 4.01. The predicted octanol–water partition coefficient (Wildman–Crippen LogP) is 3.80. The van der Waals surface area contributed by atoms with Gasteiger partial charge in [-0.15, -0.1) is 0 Å². The Morgan fingerprint density at radius 1 is 1.47 bits per heavy atom. The van der Waals surface area contributed by atoms with Gasteiger partial charge in [-0.2, -0.15) is 0 Å². The molecule has 0 aromatic heterocycles. The largest absolute Gasteiger partial charge is 0.314 e. The van der Waals surface area contributed by atoms with Gasteiger partial charge in [0.2, 0.25) is 0 Å². The molecule has 0 bridgehead atoms. The van der Waals surface area contributed by atoms with Crippen LogP contribution in [0, 0.1) is 11.7 Å². The molecule has 0 radical (unpaired) electrons. The number of likely N-dealkylation sites (N-methyl/N-ethyl adjacent to an activating group) is 1. The standard InChI is InChI=1S/C14H19ClFN/c1-2-17-14(10-5-3-6-10)9-11-12(15)7-4-8-13(11)16/h4,7-8,10,14,17H,2-3,5-6,9H2,1H3. The monoisotopic (exact) mass is 255 g/mol. The van der Waals surface area contributed by atoms with E-state index in [2.05, 4.69) is 12.2 Å². The van der Waals surface area contributed by atoms with E-state index in [-0.39, 0.29) is 5.82 Å². The summed E-state index contributed by atoms with van der Waals surface area (Å²) in [5.74, 6) is 0.505. The van der Waals surface area contributed by atoms with Gasteiger partial charge in [0.25, 0.3) is 0 Å². The topological polar surface area (TPSA) is 12.0 Å². The van der Waals surface area contributed by atoms with Gasteiger partial charge in [-0.1, -0.05) is 31.0 Å². The molecule has 0 spiro atoms. The van der Waals surface area contributed by atoms with E-state index in [0.717, 1.165) is 6.54 Å². The van der Waals surface area contributed by atoms with Crippen LogP contribution in [0.5, 0.6) is 0 Å². The van der Waals surface area contributed by atoms with Crippen molar-refractivity contribution in [3.8, 4) is 0 Å². The van der Waals surface area contributed by atoms with Crippen LogP contribution < -0.4 is 5.32 Å². The molecule has 1 nitrogen and oxygen atoms in total. The minimum atomic E-state index is -0.181. The van der Waals surface area contributed by atoms with Crippen LogP contribution in [-0.4, -0.2) is 12.6 Å². The summed E-state index contributed by atoms with van der Waals surface area (Å²) in [5.41, 5.74) is 0.659. The number of hydrogen-bond donors (Lipinski definition) is 1. The summed E-state index contributed by atoms with van der Waals surface area (Å²) >= 11 is 6.07. The van der Waals surface area contributed by atoms with Crippen molar-refractivity contribution < 1.29 is 4.39 Å². The molecule has 0 saturated heterocycles. The van der Waals surface area contributed by atoms with Crippen molar-refractivity contribution in [2.24, 2.45) is 5.92 Å². The summed E-state index contributed by atoms with van der Waals surface area (Å²) in [6, 6.07) is 5.28. The predicted molar refractivity (Wildman–Crippen MR) is 69.9 cm³/mol. The first kappa shape index (κ1) is 12.8. The lowest BCUT2D eigenvalue weighted by atomic mass is 9.77. The fourth-order valence-corrected chi connectivity index (χ4v) is 2.70. The number of rotatable bonds is 5. The molecule has 0 heterocycles. The third-order valence-corrected chi connectivity index (χ3v) is 4.03. The number of nitrogens with one attached hydrogen (secondary N) is 1. The van der Waals surface area contributed by atoms with Gasteiger partial charge in [-0.05, 0) is 43.9 Å². The van der Waals surface area contributed by atoms with E-state index in [4.69, 9.17) is 11.6 Å². The molecule has 1 N–H and O–H groups in total. The van der Waals surface area contributed by atoms with Crippen LogP contribution in [0.2, 0.25) is 5.02 Å². The highest BCUT2D eigenvalue weighted by Crippen LogP contribution is 2.32. The minimum absolute atomic E-state index is 0.181. The lowest BCUT2D eigenvalue weighted by Gasteiger charge is -2.34. The highest BCUT2D eigenvalue weighted by molar-refractivity contribution is 6.31.